The second-order valence-electron chi connectivity index (χ2n) is 3.17. The molecule has 9 heavy (non-hydrogen) atoms. The molecule has 0 aromatic rings. The van der Waals surface area contributed by atoms with Crippen molar-refractivity contribution >= 4 is 5.71 Å². The van der Waals surface area contributed by atoms with Gasteiger partial charge in [0.15, 0.2) is 0 Å². The molecule has 0 aromatic carbocycles. The van der Waals surface area contributed by atoms with Crippen molar-refractivity contribution in [2.45, 2.75) is 25.7 Å². The second kappa shape index (κ2) is 1.72. The molecule has 2 rings (SSSR count). The van der Waals surface area contributed by atoms with Crippen molar-refractivity contribution in [3.63, 3.8) is 0 Å². The third-order valence-corrected chi connectivity index (χ3v) is 2.64. The van der Waals surface area contributed by atoms with Gasteiger partial charge in [0.1, 0.15) is 0 Å². The molecule has 2 aliphatic rings. The SMILES string of the molecule is ON=C1C[C@@H]2CC[C@@H]1C2. The van der Waals surface area contributed by atoms with Crippen LogP contribution in [0, 0.1) is 11.8 Å². The summed E-state index contributed by atoms with van der Waals surface area (Å²) < 4.78 is 0. The zero-order chi connectivity index (χ0) is 6.27. The number of fused-ring (bicyclic) bond motifs is 2. The van der Waals surface area contributed by atoms with Crippen molar-refractivity contribution in [3.8, 4) is 0 Å². The lowest BCUT2D eigenvalue weighted by molar-refractivity contribution is 0.313. The average molecular weight is 125 g/mol. The molecule has 2 fully saturated rings. The molecule has 0 radical (unpaired) electrons. The number of hydrogen-bond donors (Lipinski definition) is 1. The lowest BCUT2D eigenvalue weighted by atomic mass is 9.99. The molecule has 0 heterocycles. The Balaban J connectivity index is 2.18. The standard InChI is InChI=1S/C7H11NO/c9-8-7-4-5-1-2-6(7)3-5/h5-6,9H,1-4H2/t5-,6-/m1/s1. The number of rotatable bonds is 0. The van der Waals surface area contributed by atoms with Crippen LogP contribution in [0.15, 0.2) is 5.16 Å². The minimum absolute atomic E-state index is 0.653. The van der Waals surface area contributed by atoms with Gasteiger partial charge in [0.25, 0.3) is 0 Å². The van der Waals surface area contributed by atoms with Crippen LogP contribution in [0.2, 0.25) is 0 Å². The van der Waals surface area contributed by atoms with E-state index in [1.807, 2.05) is 0 Å². The smallest absolute Gasteiger partial charge is 0.0604 e. The van der Waals surface area contributed by atoms with Gasteiger partial charge in [0.05, 0.1) is 5.71 Å². The Morgan fingerprint density at radius 3 is 2.67 bits per heavy atom. The van der Waals surface area contributed by atoms with Gasteiger partial charge in [-0.3, -0.25) is 0 Å². The minimum atomic E-state index is 0.653. The fourth-order valence-corrected chi connectivity index (χ4v) is 2.15. The lowest BCUT2D eigenvalue weighted by Gasteiger charge is -2.08. The first kappa shape index (κ1) is 5.27. The number of oxime groups is 1. The molecular formula is C7H11NO. The highest BCUT2D eigenvalue weighted by atomic mass is 16.4. The van der Waals surface area contributed by atoms with Gasteiger partial charge in [0, 0.05) is 5.92 Å². The summed E-state index contributed by atoms with van der Waals surface area (Å²) in [6.07, 6.45) is 4.99. The van der Waals surface area contributed by atoms with E-state index in [1.165, 1.54) is 19.3 Å². The zero-order valence-corrected chi connectivity index (χ0v) is 5.38. The first-order chi connectivity index (χ1) is 4.40. The van der Waals surface area contributed by atoms with Crippen molar-refractivity contribution in [1.29, 1.82) is 0 Å². The first-order valence-corrected chi connectivity index (χ1v) is 3.61. The molecule has 2 bridgehead atoms. The Labute approximate surface area is 54.6 Å². The van der Waals surface area contributed by atoms with Crippen molar-refractivity contribution in [3.05, 3.63) is 0 Å². The molecule has 50 valence electrons. The first-order valence-electron chi connectivity index (χ1n) is 3.61. The van der Waals surface area contributed by atoms with E-state index in [9.17, 15) is 0 Å². The van der Waals surface area contributed by atoms with Crippen molar-refractivity contribution in [2.75, 3.05) is 0 Å². The Hall–Kier alpha value is -0.530. The maximum atomic E-state index is 8.48. The highest BCUT2D eigenvalue weighted by Crippen LogP contribution is 2.42. The van der Waals surface area contributed by atoms with Crippen LogP contribution < -0.4 is 0 Å². The van der Waals surface area contributed by atoms with E-state index in [2.05, 4.69) is 5.16 Å². The number of hydrogen-bond acceptors (Lipinski definition) is 2. The summed E-state index contributed by atoms with van der Waals surface area (Å²) >= 11 is 0. The minimum Gasteiger partial charge on any atom is -0.411 e. The highest BCUT2D eigenvalue weighted by molar-refractivity contribution is 5.89. The summed E-state index contributed by atoms with van der Waals surface area (Å²) in [5.74, 6) is 1.51. The molecule has 0 saturated heterocycles. The Morgan fingerprint density at radius 1 is 1.44 bits per heavy atom. The topological polar surface area (TPSA) is 32.6 Å². The van der Waals surface area contributed by atoms with E-state index in [4.69, 9.17) is 5.21 Å². The summed E-state index contributed by atoms with van der Waals surface area (Å²) in [6.45, 7) is 0. The predicted molar refractivity (Wildman–Crippen MR) is 34.7 cm³/mol. The van der Waals surface area contributed by atoms with E-state index in [0.29, 0.717) is 5.92 Å². The van der Waals surface area contributed by atoms with E-state index in [-0.39, 0.29) is 0 Å². The van der Waals surface area contributed by atoms with Gasteiger partial charge in [-0.05, 0) is 31.6 Å². The van der Waals surface area contributed by atoms with E-state index in [0.717, 1.165) is 18.1 Å². The summed E-state index contributed by atoms with van der Waals surface area (Å²) in [4.78, 5) is 0. The van der Waals surface area contributed by atoms with Gasteiger partial charge in [0.2, 0.25) is 0 Å². The van der Waals surface area contributed by atoms with E-state index >= 15 is 0 Å². The third-order valence-electron chi connectivity index (χ3n) is 2.64. The van der Waals surface area contributed by atoms with Crippen molar-refractivity contribution < 1.29 is 5.21 Å². The second-order valence-corrected chi connectivity index (χ2v) is 3.17. The molecule has 0 aromatic heterocycles. The molecule has 2 aliphatic carbocycles. The molecule has 2 saturated carbocycles. The molecule has 1 N–H and O–H groups in total. The van der Waals surface area contributed by atoms with Crippen LogP contribution in [0.25, 0.3) is 0 Å². The molecule has 2 nitrogen and oxygen atoms in total. The number of nitrogens with zero attached hydrogens (tertiary/aromatic N) is 1. The lowest BCUT2D eigenvalue weighted by Crippen LogP contribution is -2.08. The Kier molecular flexibility index (Phi) is 1.01. The largest absolute Gasteiger partial charge is 0.411 e. The normalized spacial score (nSPS) is 44.7. The summed E-state index contributed by atoms with van der Waals surface area (Å²) in [7, 11) is 0. The molecule has 2 atom stereocenters. The highest BCUT2D eigenvalue weighted by Gasteiger charge is 2.36. The Bertz CT molecular complexity index is 153. The average Bonchev–Trinajstić information content (AvgIpc) is 2.45. The van der Waals surface area contributed by atoms with E-state index < -0.39 is 0 Å². The van der Waals surface area contributed by atoms with Gasteiger partial charge in [-0.2, -0.15) is 0 Å². The van der Waals surface area contributed by atoms with Crippen LogP contribution >= 0.6 is 0 Å². The predicted octanol–water partition coefficient (Wildman–Crippen LogP) is 1.64. The van der Waals surface area contributed by atoms with Crippen molar-refractivity contribution in [2.24, 2.45) is 17.0 Å². The maximum absolute atomic E-state index is 8.48. The fraction of sp³-hybridized carbons (Fsp3) is 0.857. The maximum Gasteiger partial charge on any atom is 0.0604 e. The molecule has 0 aliphatic heterocycles. The summed E-state index contributed by atoms with van der Waals surface area (Å²) in [6, 6.07) is 0. The third kappa shape index (κ3) is 0.655. The summed E-state index contributed by atoms with van der Waals surface area (Å²) in [5, 5.41) is 11.8. The van der Waals surface area contributed by atoms with Crippen LogP contribution in [-0.2, 0) is 0 Å². The van der Waals surface area contributed by atoms with Gasteiger partial charge in [-0.15, -0.1) is 0 Å². The van der Waals surface area contributed by atoms with Crippen LogP contribution in [0.5, 0.6) is 0 Å². The molecule has 0 unspecified atom stereocenters. The van der Waals surface area contributed by atoms with Gasteiger partial charge in [-0.25, -0.2) is 0 Å². The monoisotopic (exact) mass is 125 g/mol. The quantitative estimate of drug-likeness (QED) is 0.387. The van der Waals surface area contributed by atoms with Gasteiger partial charge >= 0.3 is 0 Å². The molecule has 2 heteroatoms. The van der Waals surface area contributed by atoms with Crippen molar-refractivity contribution in [1.82, 2.24) is 0 Å². The molecular weight excluding hydrogens is 114 g/mol. The zero-order valence-electron chi connectivity index (χ0n) is 5.38. The molecule has 0 amide bonds. The van der Waals surface area contributed by atoms with Crippen LogP contribution in [0.1, 0.15) is 25.7 Å². The van der Waals surface area contributed by atoms with Crippen LogP contribution in [0.3, 0.4) is 0 Å². The van der Waals surface area contributed by atoms with Crippen LogP contribution in [-0.4, -0.2) is 10.9 Å². The van der Waals surface area contributed by atoms with E-state index in [1.54, 1.807) is 0 Å². The Morgan fingerprint density at radius 2 is 2.33 bits per heavy atom. The summed E-state index contributed by atoms with van der Waals surface area (Å²) in [5.41, 5.74) is 1.06. The molecule has 0 spiro atoms. The fourth-order valence-electron chi connectivity index (χ4n) is 2.15. The van der Waals surface area contributed by atoms with Gasteiger partial charge in [-0.1, -0.05) is 5.16 Å². The van der Waals surface area contributed by atoms with Crippen LogP contribution in [0.4, 0.5) is 0 Å². The van der Waals surface area contributed by atoms with Gasteiger partial charge < -0.3 is 5.21 Å².